The summed E-state index contributed by atoms with van der Waals surface area (Å²) < 4.78 is 5.52. The molecule has 0 aromatic rings. The van der Waals surface area contributed by atoms with Gasteiger partial charge in [0.25, 0.3) is 0 Å². The van der Waals surface area contributed by atoms with E-state index < -0.39 is 0 Å². The van der Waals surface area contributed by atoms with E-state index in [1.54, 1.807) is 0 Å². The van der Waals surface area contributed by atoms with Crippen molar-refractivity contribution in [1.82, 2.24) is 10.2 Å². The molecule has 1 heterocycles. The van der Waals surface area contributed by atoms with Gasteiger partial charge < -0.3 is 10.1 Å². The van der Waals surface area contributed by atoms with E-state index in [2.05, 4.69) is 31.0 Å². The van der Waals surface area contributed by atoms with Gasteiger partial charge in [-0.25, -0.2) is 0 Å². The molecular formula is C17H34N2O. The average Bonchev–Trinajstić information content (AvgIpc) is 2.48. The molecule has 1 aliphatic heterocycles. The Labute approximate surface area is 125 Å². The molecule has 0 spiro atoms. The van der Waals surface area contributed by atoms with Crippen molar-refractivity contribution in [2.75, 3.05) is 26.7 Å². The van der Waals surface area contributed by atoms with Crippen molar-refractivity contribution < 1.29 is 4.74 Å². The van der Waals surface area contributed by atoms with E-state index in [1.807, 2.05) is 7.11 Å². The normalized spacial score (nSPS) is 33.8. The fourth-order valence-electron chi connectivity index (χ4n) is 4.13. The number of nitrogens with one attached hydrogen (secondary N) is 1. The first kappa shape index (κ1) is 16.3. The highest BCUT2D eigenvalue weighted by molar-refractivity contribution is 4.93. The Hall–Kier alpha value is -0.120. The maximum absolute atomic E-state index is 5.52. The van der Waals surface area contributed by atoms with Gasteiger partial charge in [0, 0.05) is 32.3 Å². The van der Waals surface area contributed by atoms with Gasteiger partial charge >= 0.3 is 0 Å². The van der Waals surface area contributed by atoms with Crippen LogP contribution in [-0.4, -0.2) is 49.8 Å². The van der Waals surface area contributed by atoms with Crippen molar-refractivity contribution in [2.24, 2.45) is 11.8 Å². The molecule has 3 heteroatoms. The van der Waals surface area contributed by atoms with Crippen LogP contribution in [0.25, 0.3) is 0 Å². The van der Waals surface area contributed by atoms with Crippen LogP contribution in [0.15, 0.2) is 0 Å². The van der Waals surface area contributed by atoms with Crippen molar-refractivity contribution >= 4 is 0 Å². The summed E-state index contributed by atoms with van der Waals surface area (Å²) in [5.41, 5.74) is 0. The molecule has 20 heavy (non-hydrogen) atoms. The third kappa shape index (κ3) is 3.96. The summed E-state index contributed by atoms with van der Waals surface area (Å²) in [7, 11) is 1.86. The van der Waals surface area contributed by atoms with Gasteiger partial charge in [0.1, 0.15) is 0 Å². The molecule has 1 N–H and O–H groups in total. The molecule has 2 fully saturated rings. The van der Waals surface area contributed by atoms with Crippen LogP contribution in [0.2, 0.25) is 0 Å². The van der Waals surface area contributed by atoms with Gasteiger partial charge in [0.15, 0.2) is 0 Å². The van der Waals surface area contributed by atoms with Crippen LogP contribution in [0.5, 0.6) is 0 Å². The lowest BCUT2D eigenvalue weighted by molar-refractivity contribution is 0.00471. The predicted octanol–water partition coefficient (Wildman–Crippen LogP) is 2.90. The number of likely N-dealkylation sites (N-methyl/N-ethyl adjacent to an activating group) is 1. The van der Waals surface area contributed by atoms with Crippen LogP contribution in [0.3, 0.4) is 0 Å². The predicted molar refractivity (Wildman–Crippen MR) is 85.0 cm³/mol. The average molecular weight is 282 g/mol. The summed E-state index contributed by atoms with van der Waals surface area (Å²) >= 11 is 0. The maximum atomic E-state index is 5.52. The number of nitrogens with zero attached hydrogens (tertiary/aromatic N) is 1. The van der Waals surface area contributed by atoms with E-state index >= 15 is 0 Å². The second kappa shape index (κ2) is 7.77. The van der Waals surface area contributed by atoms with Crippen LogP contribution in [0.4, 0.5) is 0 Å². The third-order valence-corrected chi connectivity index (χ3v) is 5.55. The number of methoxy groups -OCH3 is 1. The number of rotatable bonds is 5. The Bertz CT molecular complexity index is 274. The topological polar surface area (TPSA) is 24.5 Å². The van der Waals surface area contributed by atoms with Crippen LogP contribution in [0, 0.1) is 11.8 Å². The zero-order valence-corrected chi connectivity index (χ0v) is 13.9. The van der Waals surface area contributed by atoms with Crippen molar-refractivity contribution in [3.05, 3.63) is 0 Å². The Morgan fingerprint density at radius 1 is 1.15 bits per heavy atom. The lowest BCUT2D eigenvalue weighted by atomic mass is 9.76. The van der Waals surface area contributed by atoms with Crippen molar-refractivity contribution in [2.45, 2.75) is 71.1 Å². The zero-order valence-electron chi connectivity index (χ0n) is 13.9. The Balaban J connectivity index is 1.96. The summed E-state index contributed by atoms with van der Waals surface area (Å²) in [5.74, 6) is 1.74. The molecule has 0 bridgehead atoms. The highest BCUT2D eigenvalue weighted by Gasteiger charge is 2.36. The lowest BCUT2D eigenvalue weighted by Gasteiger charge is -2.46. The minimum atomic E-state index is 0.494. The molecule has 0 aromatic carbocycles. The smallest absolute Gasteiger partial charge is 0.0595 e. The molecule has 2 aliphatic rings. The first-order valence-electron chi connectivity index (χ1n) is 8.65. The standard InChI is InChI=1S/C17H34N2O/c1-5-18-16-7-6-14(13(2)3)12-17(16)19-10-8-15(20-4)9-11-19/h13-18H,5-12H2,1-4H3. The van der Waals surface area contributed by atoms with Crippen LogP contribution in [-0.2, 0) is 4.74 Å². The molecule has 3 atom stereocenters. The fourth-order valence-corrected chi connectivity index (χ4v) is 4.13. The molecule has 1 saturated carbocycles. The van der Waals surface area contributed by atoms with Crippen LogP contribution < -0.4 is 5.32 Å². The van der Waals surface area contributed by atoms with Gasteiger partial charge in [-0.15, -0.1) is 0 Å². The van der Waals surface area contributed by atoms with E-state index in [1.165, 1.54) is 45.2 Å². The number of likely N-dealkylation sites (tertiary alicyclic amines) is 1. The Kier molecular flexibility index (Phi) is 6.31. The quantitative estimate of drug-likeness (QED) is 0.839. The van der Waals surface area contributed by atoms with E-state index in [0.717, 1.165) is 24.4 Å². The third-order valence-electron chi connectivity index (χ3n) is 5.55. The summed E-state index contributed by atoms with van der Waals surface area (Å²) in [6, 6.07) is 1.45. The SMILES string of the molecule is CCNC1CCC(C(C)C)CC1N1CCC(OC)CC1. The largest absolute Gasteiger partial charge is 0.381 e. The van der Waals surface area contributed by atoms with Crippen molar-refractivity contribution in [1.29, 1.82) is 0 Å². The van der Waals surface area contributed by atoms with E-state index in [-0.39, 0.29) is 0 Å². The minimum absolute atomic E-state index is 0.494. The van der Waals surface area contributed by atoms with Crippen molar-refractivity contribution in [3.63, 3.8) is 0 Å². The Morgan fingerprint density at radius 3 is 2.40 bits per heavy atom. The molecule has 118 valence electrons. The van der Waals surface area contributed by atoms with E-state index in [0.29, 0.717) is 12.1 Å². The summed E-state index contributed by atoms with van der Waals surface area (Å²) in [5, 5.41) is 3.74. The number of ether oxygens (including phenoxy) is 1. The van der Waals surface area contributed by atoms with Crippen LogP contribution in [0.1, 0.15) is 52.9 Å². The summed E-state index contributed by atoms with van der Waals surface area (Å²) in [4.78, 5) is 2.75. The van der Waals surface area contributed by atoms with E-state index in [9.17, 15) is 0 Å². The number of hydrogen-bond donors (Lipinski definition) is 1. The monoisotopic (exact) mass is 282 g/mol. The van der Waals surface area contributed by atoms with Gasteiger partial charge in [-0.05, 0) is 50.5 Å². The van der Waals surface area contributed by atoms with Gasteiger partial charge in [-0.3, -0.25) is 4.90 Å². The van der Waals surface area contributed by atoms with Crippen LogP contribution >= 0.6 is 0 Å². The lowest BCUT2D eigenvalue weighted by Crippen LogP contribution is -2.56. The highest BCUT2D eigenvalue weighted by Crippen LogP contribution is 2.34. The highest BCUT2D eigenvalue weighted by atomic mass is 16.5. The maximum Gasteiger partial charge on any atom is 0.0595 e. The van der Waals surface area contributed by atoms with Gasteiger partial charge in [-0.1, -0.05) is 20.8 Å². The first-order valence-corrected chi connectivity index (χ1v) is 8.65. The Morgan fingerprint density at radius 2 is 1.85 bits per heavy atom. The molecule has 0 radical (unpaired) electrons. The first-order chi connectivity index (χ1) is 9.65. The molecule has 1 aliphatic carbocycles. The molecule has 0 aromatic heterocycles. The molecule has 0 amide bonds. The summed E-state index contributed by atoms with van der Waals surface area (Å²) in [6.45, 7) is 10.6. The van der Waals surface area contributed by atoms with Gasteiger partial charge in [-0.2, -0.15) is 0 Å². The van der Waals surface area contributed by atoms with Gasteiger partial charge in [0.05, 0.1) is 6.10 Å². The number of hydrogen-bond acceptors (Lipinski definition) is 3. The molecule has 1 saturated heterocycles. The second-order valence-electron chi connectivity index (χ2n) is 7.02. The van der Waals surface area contributed by atoms with Gasteiger partial charge in [0.2, 0.25) is 0 Å². The molecule has 3 nitrogen and oxygen atoms in total. The molecular weight excluding hydrogens is 248 g/mol. The number of piperidine rings is 1. The molecule has 2 rings (SSSR count). The fraction of sp³-hybridized carbons (Fsp3) is 1.00. The summed E-state index contributed by atoms with van der Waals surface area (Å²) in [6.07, 6.45) is 7.04. The van der Waals surface area contributed by atoms with Crippen molar-refractivity contribution in [3.8, 4) is 0 Å². The zero-order chi connectivity index (χ0) is 14.5. The molecule has 3 unspecified atom stereocenters. The minimum Gasteiger partial charge on any atom is -0.381 e. The second-order valence-corrected chi connectivity index (χ2v) is 7.02. The van der Waals surface area contributed by atoms with E-state index in [4.69, 9.17) is 4.74 Å².